The Bertz CT molecular complexity index is 1510. The van der Waals surface area contributed by atoms with Crippen molar-refractivity contribution in [2.45, 2.75) is 13.3 Å². The molecule has 1 aromatic heterocycles. The van der Waals surface area contributed by atoms with E-state index >= 15 is 0 Å². The number of nitrogens with one attached hydrogen (secondary N) is 1. The predicted octanol–water partition coefficient (Wildman–Crippen LogP) is 7.67. The number of aryl methyl sites for hydroxylation is 1. The van der Waals surface area contributed by atoms with E-state index in [1.54, 1.807) is 0 Å². The van der Waals surface area contributed by atoms with Gasteiger partial charge in [-0.25, -0.2) is 0 Å². The van der Waals surface area contributed by atoms with Gasteiger partial charge in [0.15, 0.2) is 0 Å². The summed E-state index contributed by atoms with van der Waals surface area (Å²) >= 11 is 4.81. The molecule has 1 aliphatic heterocycles. The molecule has 140 valence electrons. The van der Waals surface area contributed by atoms with Gasteiger partial charge < -0.3 is 4.98 Å². The number of hydrogen-bond donors (Lipinski definition) is 1. The van der Waals surface area contributed by atoms with Gasteiger partial charge in [-0.1, -0.05) is 30.3 Å². The molecule has 0 atom stereocenters. The van der Waals surface area contributed by atoms with Crippen LogP contribution < -0.4 is 0 Å². The van der Waals surface area contributed by atoms with Gasteiger partial charge in [0.2, 0.25) is 0 Å². The third kappa shape index (κ3) is 2.68. The maximum atomic E-state index is 5.24. The quantitative estimate of drug-likeness (QED) is 0.152. The summed E-state index contributed by atoms with van der Waals surface area (Å²) < 4.78 is 2.51. The Morgan fingerprint density at radius 2 is 1.48 bits per heavy atom. The number of hydrogen-bond acceptors (Lipinski definition) is 1. The Morgan fingerprint density at radius 1 is 0.793 bits per heavy atom. The first-order chi connectivity index (χ1) is 14.1. The second kappa shape index (κ2) is 6.54. The minimum atomic E-state index is 0.871. The minimum absolute atomic E-state index is 0.871. The monoisotopic (exact) mass is 598 g/mol. The maximum Gasteiger partial charge on any atom is 0.0754 e. The van der Waals surface area contributed by atoms with Crippen LogP contribution in [-0.2, 0) is 6.42 Å². The second-order valence-corrected chi connectivity index (χ2v) is 10.1. The van der Waals surface area contributed by atoms with Crippen molar-refractivity contribution in [2.24, 2.45) is 4.99 Å². The van der Waals surface area contributed by atoms with Crippen molar-refractivity contribution in [1.82, 2.24) is 4.98 Å². The number of nitrogens with zero attached hydrogens (tertiary/aromatic N) is 1. The molecule has 0 spiro atoms. The van der Waals surface area contributed by atoms with E-state index in [-0.39, 0.29) is 0 Å². The Morgan fingerprint density at radius 3 is 2.28 bits per heavy atom. The number of aromatic amines is 1. The van der Waals surface area contributed by atoms with E-state index in [1.807, 2.05) is 0 Å². The smallest absolute Gasteiger partial charge is 0.0754 e. The van der Waals surface area contributed by atoms with Crippen LogP contribution in [0.4, 0.5) is 5.69 Å². The predicted molar refractivity (Wildman–Crippen MR) is 140 cm³/mol. The second-order valence-electron chi connectivity index (χ2n) is 7.61. The molecule has 2 nitrogen and oxygen atoms in total. The summed E-state index contributed by atoms with van der Waals surface area (Å²) in [6, 6.07) is 22.0. The molecular weight excluding hydrogens is 582 g/mol. The van der Waals surface area contributed by atoms with E-state index in [0.717, 1.165) is 12.1 Å². The summed E-state index contributed by atoms with van der Waals surface area (Å²) in [6.45, 7) is 2.16. The molecule has 29 heavy (non-hydrogen) atoms. The first kappa shape index (κ1) is 17.9. The Balaban J connectivity index is 1.69. The lowest BCUT2D eigenvalue weighted by atomic mass is 9.93. The van der Waals surface area contributed by atoms with Gasteiger partial charge >= 0.3 is 0 Å². The van der Waals surface area contributed by atoms with Crippen LogP contribution in [0.3, 0.4) is 0 Å². The molecule has 0 saturated heterocycles. The van der Waals surface area contributed by atoms with Gasteiger partial charge in [-0.3, -0.25) is 4.99 Å². The summed E-state index contributed by atoms with van der Waals surface area (Å²) in [5.41, 5.74) is 7.30. The lowest BCUT2D eigenvalue weighted by Crippen LogP contribution is -2.02. The molecule has 0 radical (unpaired) electrons. The van der Waals surface area contributed by atoms with Crippen LogP contribution >= 0.6 is 45.2 Å². The first-order valence-electron chi connectivity index (χ1n) is 9.59. The lowest BCUT2D eigenvalue weighted by molar-refractivity contribution is 1.28. The topological polar surface area (TPSA) is 28.1 Å². The van der Waals surface area contributed by atoms with Crippen molar-refractivity contribution in [3.63, 3.8) is 0 Å². The number of H-pyrrole nitrogens is 1. The maximum absolute atomic E-state index is 5.24. The van der Waals surface area contributed by atoms with Crippen molar-refractivity contribution < 1.29 is 0 Å². The number of aliphatic imine (C=N–C) groups is 1. The van der Waals surface area contributed by atoms with E-state index in [1.165, 1.54) is 62.1 Å². The highest BCUT2D eigenvalue weighted by molar-refractivity contribution is 14.1. The molecule has 0 aliphatic carbocycles. The molecule has 4 heteroatoms. The van der Waals surface area contributed by atoms with Gasteiger partial charge in [0, 0.05) is 41.1 Å². The molecule has 0 unspecified atom stereocenters. The largest absolute Gasteiger partial charge is 0.358 e. The van der Waals surface area contributed by atoms with E-state index < -0.39 is 0 Å². The van der Waals surface area contributed by atoms with Crippen molar-refractivity contribution >= 4 is 89.0 Å². The summed E-state index contributed by atoms with van der Waals surface area (Å²) in [4.78, 5) is 8.79. The molecule has 2 heterocycles. The molecule has 5 aromatic rings. The fraction of sp³-hybridized carbons (Fsp3) is 0.0800. The SMILES string of the molecule is Cc1[nH]c2ccccc2c1C1=Nc2c(c3cc(I)ccc3c3ccc(I)cc23)C1. The van der Waals surface area contributed by atoms with Crippen LogP contribution in [0.5, 0.6) is 0 Å². The molecule has 0 saturated carbocycles. The van der Waals surface area contributed by atoms with E-state index in [9.17, 15) is 0 Å². The van der Waals surface area contributed by atoms with Crippen LogP contribution in [0.1, 0.15) is 16.8 Å². The Kier molecular flexibility index (Phi) is 4.03. The van der Waals surface area contributed by atoms with Crippen molar-refractivity contribution in [1.29, 1.82) is 0 Å². The molecule has 4 aromatic carbocycles. The van der Waals surface area contributed by atoms with Crippen LogP contribution in [0, 0.1) is 14.1 Å². The van der Waals surface area contributed by atoms with Crippen LogP contribution in [0.25, 0.3) is 32.4 Å². The van der Waals surface area contributed by atoms with Crippen LogP contribution in [0.2, 0.25) is 0 Å². The van der Waals surface area contributed by atoms with E-state index in [0.29, 0.717) is 0 Å². The molecular formula is C25H16I2N2. The van der Waals surface area contributed by atoms with Gasteiger partial charge in [0.25, 0.3) is 0 Å². The fourth-order valence-corrected chi connectivity index (χ4v) is 5.66. The summed E-state index contributed by atoms with van der Waals surface area (Å²) in [5, 5.41) is 6.46. The molecule has 0 fully saturated rings. The van der Waals surface area contributed by atoms with E-state index in [2.05, 4.69) is 118 Å². The molecule has 6 rings (SSSR count). The summed E-state index contributed by atoms with van der Waals surface area (Å²) in [6.07, 6.45) is 0.871. The number of benzene rings is 4. The Hall–Kier alpha value is -1.93. The van der Waals surface area contributed by atoms with Crippen molar-refractivity contribution in [3.8, 4) is 0 Å². The lowest BCUT2D eigenvalue weighted by Gasteiger charge is -2.11. The average molecular weight is 598 g/mol. The highest BCUT2D eigenvalue weighted by Gasteiger charge is 2.25. The van der Waals surface area contributed by atoms with Crippen LogP contribution in [-0.4, -0.2) is 10.7 Å². The number of aromatic nitrogens is 1. The van der Waals surface area contributed by atoms with Gasteiger partial charge in [-0.2, -0.15) is 0 Å². The zero-order chi connectivity index (χ0) is 19.7. The van der Waals surface area contributed by atoms with Gasteiger partial charge in [0.1, 0.15) is 0 Å². The zero-order valence-electron chi connectivity index (χ0n) is 15.7. The van der Waals surface area contributed by atoms with Crippen molar-refractivity contribution in [3.05, 3.63) is 84.6 Å². The third-order valence-corrected chi connectivity index (χ3v) is 7.23. The zero-order valence-corrected chi connectivity index (χ0v) is 20.0. The molecule has 0 amide bonds. The van der Waals surface area contributed by atoms with E-state index in [4.69, 9.17) is 4.99 Å². The minimum Gasteiger partial charge on any atom is -0.358 e. The number of halogens is 2. The molecule has 1 N–H and O–H groups in total. The van der Waals surface area contributed by atoms with Crippen molar-refractivity contribution in [2.75, 3.05) is 0 Å². The fourth-order valence-electron chi connectivity index (χ4n) is 4.68. The van der Waals surface area contributed by atoms with Gasteiger partial charge in [-0.15, -0.1) is 0 Å². The standard InChI is InChI=1S/C25H16I2N2/c1-13-24(18-4-2-3-5-22(18)28-13)23-12-21-19-10-14(26)6-8-16(19)17-9-7-15(27)11-20(17)25(21)29-23/h2-11,28H,12H2,1H3. The number of para-hydroxylation sites is 1. The summed E-state index contributed by atoms with van der Waals surface area (Å²) in [7, 11) is 0. The number of fused-ring (bicyclic) bond motifs is 7. The first-order valence-corrected chi connectivity index (χ1v) is 11.7. The normalized spacial score (nSPS) is 13.4. The highest BCUT2D eigenvalue weighted by atomic mass is 127. The molecule has 1 aliphatic rings. The van der Waals surface area contributed by atoms with Gasteiger partial charge in [-0.05, 0) is 104 Å². The molecule has 0 bridgehead atoms. The van der Waals surface area contributed by atoms with Crippen LogP contribution in [0.15, 0.2) is 65.7 Å². The Labute approximate surface area is 195 Å². The average Bonchev–Trinajstić information content (AvgIpc) is 3.28. The highest BCUT2D eigenvalue weighted by Crippen LogP contribution is 2.44. The number of rotatable bonds is 1. The summed E-state index contributed by atoms with van der Waals surface area (Å²) in [5.74, 6) is 0. The van der Waals surface area contributed by atoms with Gasteiger partial charge in [0.05, 0.1) is 11.4 Å². The third-order valence-electron chi connectivity index (χ3n) is 5.89.